The van der Waals surface area contributed by atoms with Gasteiger partial charge in [0.25, 0.3) is 0 Å². The van der Waals surface area contributed by atoms with Gasteiger partial charge in [-0.15, -0.1) is 0 Å². The fourth-order valence-electron chi connectivity index (χ4n) is 1.56. The van der Waals surface area contributed by atoms with Crippen molar-refractivity contribution < 1.29 is 13.9 Å². The summed E-state index contributed by atoms with van der Waals surface area (Å²) in [6, 6.07) is 9.52. The van der Waals surface area contributed by atoms with Crippen LogP contribution in [0.15, 0.2) is 34.8 Å². The van der Waals surface area contributed by atoms with Crippen molar-refractivity contribution in [2.45, 2.75) is 0 Å². The molecule has 0 aliphatic carbocycles. The number of hydrogen-bond donors (Lipinski definition) is 1. The molecule has 4 nitrogen and oxygen atoms in total. The highest BCUT2D eigenvalue weighted by Gasteiger charge is 2.14. The van der Waals surface area contributed by atoms with Gasteiger partial charge in [-0.1, -0.05) is 0 Å². The summed E-state index contributed by atoms with van der Waals surface area (Å²) in [4.78, 5) is 0. The van der Waals surface area contributed by atoms with E-state index in [9.17, 15) is 4.39 Å². The number of benzene rings is 2. The summed E-state index contributed by atoms with van der Waals surface area (Å²) >= 11 is 3.02. The average Bonchev–Trinajstić information content (AvgIpc) is 2.46. The molecule has 0 amide bonds. The van der Waals surface area contributed by atoms with E-state index in [0.717, 1.165) is 0 Å². The molecular weight excluding hydrogens is 327 g/mol. The molecule has 0 aliphatic rings. The van der Waals surface area contributed by atoms with Crippen LogP contribution in [0.5, 0.6) is 17.2 Å². The Morgan fingerprint density at radius 3 is 2.55 bits per heavy atom. The summed E-state index contributed by atoms with van der Waals surface area (Å²) in [7, 11) is 1.52. The molecule has 0 saturated heterocycles. The third-order valence-corrected chi connectivity index (χ3v) is 3.38. The number of methoxy groups -OCH3 is 1. The minimum atomic E-state index is -0.653. The van der Waals surface area contributed by atoms with E-state index in [1.54, 1.807) is 18.2 Å². The number of nitrogens with two attached hydrogens (primary N) is 1. The number of nitrogen functional groups attached to an aromatic ring is 1. The molecule has 0 spiro atoms. The number of ether oxygens (including phenoxy) is 2. The minimum absolute atomic E-state index is 0.0206. The molecule has 2 N–H and O–H groups in total. The minimum Gasteiger partial charge on any atom is -0.497 e. The molecule has 0 radical (unpaired) electrons. The molecule has 0 aromatic heterocycles. The van der Waals surface area contributed by atoms with Crippen LogP contribution in [-0.2, 0) is 0 Å². The van der Waals surface area contributed by atoms with Crippen molar-refractivity contribution >= 4 is 21.6 Å². The average molecular weight is 337 g/mol. The van der Waals surface area contributed by atoms with Gasteiger partial charge < -0.3 is 15.2 Å². The van der Waals surface area contributed by atoms with E-state index in [0.29, 0.717) is 17.2 Å². The van der Waals surface area contributed by atoms with E-state index >= 15 is 0 Å². The number of halogens is 2. The second kappa shape index (κ2) is 5.80. The molecular formula is C14H10BrFN2O2. The number of anilines is 1. The zero-order chi connectivity index (χ0) is 14.7. The Hall–Kier alpha value is -2.26. The van der Waals surface area contributed by atoms with Crippen molar-refractivity contribution in [2.24, 2.45) is 0 Å². The highest BCUT2D eigenvalue weighted by atomic mass is 79.9. The van der Waals surface area contributed by atoms with Gasteiger partial charge in [0, 0.05) is 6.07 Å². The second-order valence-electron chi connectivity index (χ2n) is 3.86. The largest absolute Gasteiger partial charge is 0.497 e. The molecule has 0 bridgehead atoms. The number of nitrogens with zero attached hydrogens (tertiary/aromatic N) is 1. The molecule has 0 fully saturated rings. The zero-order valence-electron chi connectivity index (χ0n) is 10.5. The normalized spacial score (nSPS) is 9.90. The van der Waals surface area contributed by atoms with Gasteiger partial charge in [0.05, 0.1) is 22.8 Å². The molecule has 2 rings (SSSR count). The zero-order valence-corrected chi connectivity index (χ0v) is 12.1. The van der Waals surface area contributed by atoms with E-state index in [4.69, 9.17) is 20.5 Å². The van der Waals surface area contributed by atoms with Gasteiger partial charge in [0.2, 0.25) is 0 Å². The van der Waals surface area contributed by atoms with Crippen molar-refractivity contribution in [2.75, 3.05) is 12.8 Å². The van der Waals surface area contributed by atoms with E-state index in [1.807, 2.05) is 6.07 Å². The monoisotopic (exact) mass is 336 g/mol. The molecule has 0 atom stereocenters. The van der Waals surface area contributed by atoms with Crippen LogP contribution in [0.25, 0.3) is 0 Å². The van der Waals surface area contributed by atoms with Crippen molar-refractivity contribution in [3.63, 3.8) is 0 Å². The van der Waals surface area contributed by atoms with Crippen molar-refractivity contribution in [1.29, 1.82) is 5.26 Å². The van der Waals surface area contributed by atoms with Gasteiger partial charge >= 0.3 is 0 Å². The summed E-state index contributed by atoms with van der Waals surface area (Å²) < 4.78 is 24.5. The first-order valence-corrected chi connectivity index (χ1v) is 6.35. The Bertz CT molecular complexity index is 698. The summed E-state index contributed by atoms with van der Waals surface area (Å²) in [6.45, 7) is 0. The van der Waals surface area contributed by atoms with E-state index in [1.165, 1.54) is 19.2 Å². The highest BCUT2D eigenvalue weighted by Crippen LogP contribution is 2.35. The van der Waals surface area contributed by atoms with Crippen molar-refractivity contribution in [3.8, 4) is 23.3 Å². The molecule has 2 aromatic carbocycles. The van der Waals surface area contributed by atoms with Crippen molar-refractivity contribution in [3.05, 3.63) is 46.2 Å². The predicted molar refractivity (Wildman–Crippen MR) is 76.3 cm³/mol. The first-order chi connectivity index (χ1) is 9.56. The fraction of sp³-hybridized carbons (Fsp3) is 0.0714. The lowest BCUT2D eigenvalue weighted by Crippen LogP contribution is -1.96. The lowest BCUT2D eigenvalue weighted by Gasteiger charge is -2.11. The summed E-state index contributed by atoms with van der Waals surface area (Å²) in [5.41, 5.74) is 6.31. The number of hydrogen-bond acceptors (Lipinski definition) is 4. The standard InChI is InChI=1S/C14H10BrFN2O2/c1-19-9-3-5-11(10(18)6-9)20-12-4-2-8(7-17)13(15)14(12)16/h2-6H,18H2,1H3. The smallest absolute Gasteiger partial charge is 0.181 e. The maximum absolute atomic E-state index is 14.0. The van der Waals surface area contributed by atoms with Crippen LogP contribution >= 0.6 is 15.9 Å². The maximum atomic E-state index is 14.0. The molecule has 0 saturated carbocycles. The van der Waals surface area contributed by atoms with Crippen LogP contribution in [0, 0.1) is 17.1 Å². The fourth-order valence-corrected chi connectivity index (χ4v) is 1.98. The third kappa shape index (κ3) is 2.68. The highest BCUT2D eigenvalue weighted by molar-refractivity contribution is 9.10. The molecule has 102 valence electrons. The molecule has 0 aliphatic heterocycles. The van der Waals surface area contributed by atoms with Gasteiger partial charge in [-0.25, -0.2) is 4.39 Å². The topological polar surface area (TPSA) is 68.3 Å². The van der Waals surface area contributed by atoms with Gasteiger partial charge in [0.1, 0.15) is 11.8 Å². The van der Waals surface area contributed by atoms with E-state index in [-0.39, 0.29) is 15.8 Å². The van der Waals surface area contributed by atoms with Crippen LogP contribution in [0.4, 0.5) is 10.1 Å². The second-order valence-corrected chi connectivity index (χ2v) is 4.65. The number of rotatable bonds is 3. The van der Waals surface area contributed by atoms with Gasteiger partial charge in [0.15, 0.2) is 17.3 Å². The predicted octanol–water partition coefficient (Wildman–Crippen LogP) is 3.84. The Morgan fingerprint density at radius 2 is 1.95 bits per heavy atom. The van der Waals surface area contributed by atoms with Crippen LogP contribution in [-0.4, -0.2) is 7.11 Å². The third-order valence-electron chi connectivity index (χ3n) is 2.60. The summed E-state index contributed by atoms with van der Waals surface area (Å²) in [5, 5.41) is 8.80. The van der Waals surface area contributed by atoms with E-state index < -0.39 is 5.82 Å². The van der Waals surface area contributed by atoms with Crippen LogP contribution in [0.1, 0.15) is 5.56 Å². The molecule has 6 heteroatoms. The van der Waals surface area contributed by atoms with Crippen LogP contribution in [0.3, 0.4) is 0 Å². The summed E-state index contributed by atoms with van der Waals surface area (Å²) in [5.74, 6) is 0.213. The first kappa shape index (κ1) is 14.2. The van der Waals surface area contributed by atoms with Gasteiger partial charge in [-0.05, 0) is 40.2 Å². The van der Waals surface area contributed by atoms with Gasteiger partial charge in [-0.3, -0.25) is 0 Å². The Morgan fingerprint density at radius 1 is 1.25 bits per heavy atom. The Labute approximate surface area is 123 Å². The maximum Gasteiger partial charge on any atom is 0.181 e. The summed E-state index contributed by atoms with van der Waals surface area (Å²) in [6.07, 6.45) is 0. The molecule has 0 unspecified atom stereocenters. The molecule has 0 heterocycles. The van der Waals surface area contributed by atoms with Gasteiger partial charge in [-0.2, -0.15) is 5.26 Å². The lowest BCUT2D eigenvalue weighted by molar-refractivity contribution is 0.411. The first-order valence-electron chi connectivity index (χ1n) is 5.56. The Kier molecular flexibility index (Phi) is 4.11. The molecule has 20 heavy (non-hydrogen) atoms. The Balaban J connectivity index is 2.36. The van der Waals surface area contributed by atoms with Crippen molar-refractivity contribution in [1.82, 2.24) is 0 Å². The van der Waals surface area contributed by atoms with Crippen LogP contribution in [0.2, 0.25) is 0 Å². The lowest BCUT2D eigenvalue weighted by atomic mass is 10.2. The number of nitriles is 1. The van der Waals surface area contributed by atoms with Crippen LogP contribution < -0.4 is 15.2 Å². The quantitative estimate of drug-likeness (QED) is 0.864. The SMILES string of the molecule is COc1ccc(Oc2ccc(C#N)c(Br)c2F)c(N)c1. The van der Waals surface area contributed by atoms with E-state index in [2.05, 4.69) is 15.9 Å². The molecule has 2 aromatic rings.